The summed E-state index contributed by atoms with van der Waals surface area (Å²) in [7, 11) is 0. The Hall–Kier alpha value is -0.330. The number of Topliss-reactive ketones (excluding diaryl/α,β-unsaturated/α-hetero) is 1. The third kappa shape index (κ3) is 2.58. The highest BCUT2D eigenvalue weighted by Gasteiger charge is 2.61. The summed E-state index contributed by atoms with van der Waals surface area (Å²) in [6, 6.07) is 0. The van der Waals surface area contributed by atoms with E-state index in [0.717, 1.165) is 37.5 Å². The summed E-state index contributed by atoms with van der Waals surface area (Å²) in [5, 5.41) is 11.2. The van der Waals surface area contributed by atoms with Gasteiger partial charge in [0.1, 0.15) is 11.4 Å². The average Bonchev–Trinajstić information content (AvgIpc) is 2.99. The topological polar surface area (TPSA) is 37.3 Å². The van der Waals surface area contributed by atoms with Gasteiger partial charge in [-0.15, -0.1) is 6.42 Å². The van der Waals surface area contributed by atoms with Crippen LogP contribution in [0.1, 0.15) is 71.6 Å². The van der Waals surface area contributed by atoms with Crippen LogP contribution in [0.2, 0.25) is 0 Å². The largest absolute Gasteiger partial charge is 0.378 e. The first-order chi connectivity index (χ1) is 12.3. The Kier molecular flexibility index (Phi) is 4.64. The second kappa shape index (κ2) is 6.35. The van der Waals surface area contributed by atoms with E-state index < -0.39 is 5.60 Å². The number of carbonyl (C=O) groups is 1. The Morgan fingerprint density at radius 3 is 2.50 bits per heavy atom. The number of terminal acetylenes is 1. The van der Waals surface area contributed by atoms with Crippen molar-refractivity contribution in [3.05, 3.63) is 0 Å². The Balaban J connectivity index is 1.59. The maximum absolute atomic E-state index is 12.5. The molecule has 0 aromatic carbocycles. The average molecular weight is 421 g/mol. The van der Waals surface area contributed by atoms with Crippen LogP contribution in [0.25, 0.3) is 0 Å². The molecule has 4 saturated carbocycles. The molecule has 4 rings (SSSR count). The molecule has 0 aromatic heterocycles. The van der Waals surface area contributed by atoms with E-state index in [2.05, 4.69) is 35.7 Å². The van der Waals surface area contributed by atoms with E-state index in [1.54, 1.807) is 0 Å². The van der Waals surface area contributed by atoms with E-state index in [-0.39, 0.29) is 11.3 Å². The van der Waals surface area contributed by atoms with E-state index >= 15 is 0 Å². The highest BCUT2D eigenvalue weighted by atomic mass is 79.9. The van der Waals surface area contributed by atoms with Crippen molar-refractivity contribution in [1.82, 2.24) is 0 Å². The summed E-state index contributed by atoms with van der Waals surface area (Å²) in [6.45, 7) is 4.90. The van der Waals surface area contributed by atoms with Crippen LogP contribution in [-0.4, -0.2) is 21.8 Å². The van der Waals surface area contributed by atoms with Gasteiger partial charge in [-0.05, 0) is 92.3 Å². The number of ketones is 1. The summed E-state index contributed by atoms with van der Waals surface area (Å²) in [4.78, 5) is 12.5. The standard InChI is InChI=1S/C23H33BrO2/c1-4-23(26)12-11-21(2)15(13-23)5-6-16-17-7-8-19(20(25)14-24)22(17,3)10-9-18(16)21/h1,15-19,26H,5-14H2,2-3H3/t15?,16-,17-,18-,19+,21-,22-,23?/m0/s1. The molecule has 1 N–H and O–H groups in total. The summed E-state index contributed by atoms with van der Waals surface area (Å²) in [5.74, 6) is 6.15. The quantitative estimate of drug-likeness (QED) is 0.505. The van der Waals surface area contributed by atoms with Crippen LogP contribution in [0.5, 0.6) is 0 Å². The highest BCUT2D eigenvalue weighted by molar-refractivity contribution is 9.09. The fourth-order valence-electron chi connectivity index (χ4n) is 8.00. The van der Waals surface area contributed by atoms with Gasteiger partial charge in [0.05, 0.1) is 5.33 Å². The van der Waals surface area contributed by atoms with Crippen LogP contribution < -0.4 is 0 Å². The van der Waals surface area contributed by atoms with E-state index in [1.807, 2.05) is 0 Å². The maximum atomic E-state index is 12.5. The summed E-state index contributed by atoms with van der Waals surface area (Å²) < 4.78 is 0. The predicted octanol–water partition coefficient (Wildman–Crippen LogP) is 4.97. The molecule has 4 aliphatic carbocycles. The number of halogens is 1. The first-order valence-corrected chi connectivity index (χ1v) is 11.7. The lowest BCUT2D eigenvalue weighted by Gasteiger charge is -2.61. The summed E-state index contributed by atoms with van der Waals surface area (Å²) in [6.07, 6.45) is 15.5. The number of alkyl halides is 1. The van der Waals surface area contributed by atoms with Gasteiger partial charge in [-0.25, -0.2) is 0 Å². The number of aliphatic hydroxyl groups is 1. The maximum Gasteiger partial charge on any atom is 0.147 e. The van der Waals surface area contributed by atoms with Crippen molar-refractivity contribution in [2.75, 3.05) is 5.33 Å². The molecule has 0 aliphatic heterocycles. The molecular weight excluding hydrogens is 388 g/mol. The smallest absolute Gasteiger partial charge is 0.147 e. The molecule has 8 atom stereocenters. The number of fused-ring (bicyclic) bond motifs is 5. The molecule has 0 heterocycles. The third-order valence-electron chi connectivity index (χ3n) is 9.52. The molecule has 2 unspecified atom stereocenters. The van der Waals surface area contributed by atoms with Gasteiger partial charge in [0, 0.05) is 5.92 Å². The van der Waals surface area contributed by atoms with E-state index in [0.29, 0.717) is 28.4 Å². The predicted molar refractivity (Wildman–Crippen MR) is 108 cm³/mol. The van der Waals surface area contributed by atoms with E-state index in [4.69, 9.17) is 6.42 Å². The van der Waals surface area contributed by atoms with E-state index in [1.165, 1.54) is 32.1 Å². The van der Waals surface area contributed by atoms with Gasteiger partial charge in [-0.1, -0.05) is 35.7 Å². The van der Waals surface area contributed by atoms with Crippen molar-refractivity contribution in [1.29, 1.82) is 0 Å². The summed E-state index contributed by atoms with van der Waals surface area (Å²) in [5.41, 5.74) is -0.338. The lowest BCUT2D eigenvalue weighted by molar-refractivity contribution is -0.144. The molecule has 0 spiro atoms. The van der Waals surface area contributed by atoms with Gasteiger partial charge in [0.2, 0.25) is 0 Å². The van der Waals surface area contributed by atoms with Crippen molar-refractivity contribution >= 4 is 21.7 Å². The van der Waals surface area contributed by atoms with Crippen molar-refractivity contribution in [3.8, 4) is 12.3 Å². The minimum Gasteiger partial charge on any atom is -0.378 e. The fourth-order valence-corrected chi connectivity index (χ4v) is 8.39. The number of hydrogen-bond acceptors (Lipinski definition) is 2. The summed E-state index contributed by atoms with van der Waals surface area (Å²) >= 11 is 3.42. The second-order valence-corrected chi connectivity index (χ2v) is 10.9. The van der Waals surface area contributed by atoms with Crippen molar-refractivity contribution < 1.29 is 9.90 Å². The van der Waals surface area contributed by atoms with Crippen LogP contribution in [0.15, 0.2) is 0 Å². The van der Waals surface area contributed by atoms with Crippen LogP contribution in [0.3, 0.4) is 0 Å². The second-order valence-electron chi connectivity index (χ2n) is 10.3. The fraction of sp³-hybridized carbons (Fsp3) is 0.870. The zero-order chi connectivity index (χ0) is 18.7. The molecule has 0 radical (unpaired) electrons. The van der Waals surface area contributed by atoms with Crippen molar-refractivity contribution in [2.45, 2.75) is 77.2 Å². The molecule has 0 amide bonds. The highest BCUT2D eigenvalue weighted by Crippen LogP contribution is 2.68. The van der Waals surface area contributed by atoms with Gasteiger partial charge < -0.3 is 5.11 Å². The Morgan fingerprint density at radius 2 is 1.81 bits per heavy atom. The minimum atomic E-state index is -0.874. The van der Waals surface area contributed by atoms with Gasteiger partial charge in [-0.2, -0.15) is 0 Å². The molecule has 0 aromatic rings. The van der Waals surface area contributed by atoms with Crippen LogP contribution in [0.4, 0.5) is 0 Å². The normalized spacial score (nSPS) is 53.1. The number of hydrogen-bond donors (Lipinski definition) is 1. The van der Waals surface area contributed by atoms with Crippen LogP contribution >= 0.6 is 15.9 Å². The zero-order valence-corrected chi connectivity index (χ0v) is 17.9. The molecule has 4 fully saturated rings. The molecule has 0 saturated heterocycles. The number of carbonyl (C=O) groups excluding carboxylic acids is 1. The first-order valence-electron chi connectivity index (χ1n) is 10.6. The molecule has 3 heteroatoms. The van der Waals surface area contributed by atoms with Gasteiger partial charge in [0.25, 0.3) is 0 Å². The molecule has 4 aliphatic rings. The lowest BCUT2D eigenvalue weighted by Crippen LogP contribution is -2.56. The van der Waals surface area contributed by atoms with Crippen LogP contribution in [0, 0.1) is 52.8 Å². The zero-order valence-electron chi connectivity index (χ0n) is 16.3. The van der Waals surface area contributed by atoms with E-state index in [9.17, 15) is 9.90 Å². The monoisotopic (exact) mass is 420 g/mol. The lowest BCUT2D eigenvalue weighted by atomic mass is 9.44. The SMILES string of the molecule is C#CC1(O)CC[C@@]2(C)C(CC[C@H]3[C@@H]4CC[C@H](C(=O)CBr)[C@@]4(C)CC[C@@H]32)C1. The first kappa shape index (κ1) is 19.0. The minimum absolute atomic E-state index is 0.212. The Labute approximate surface area is 167 Å². The molecule has 0 bridgehead atoms. The molecule has 144 valence electrons. The van der Waals surface area contributed by atoms with Crippen molar-refractivity contribution in [2.24, 2.45) is 40.4 Å². The van der Waals surface area contributed by atoms with Gasteiger partial charge in [-0.3, -0.25) is 4.79 Å². The van der Waals surface area contributed by atoms with Gasteiger partial charge in [0.15, 0.2) is 0 Å². The molecular formula is C23H33BrO2. The van der Waals surface area contributed by atoms with Crippen LogP contribution in [-0.2, 0) is 4.79 Å². The molecule has 26 heavy (non-hydrogen) atoms. The van der Waals surface area contributed by atoms with Crippen molar-refractivity contribution in [3.63, 3.8) is 0 Å². The third-order valence-corrected chi connectivity index (χ3v) is 10.1. The molecule has 2 nitrogen and oxygen atoms in total. The number of rotatable bonds is 2. The Morgan fingerprint density at radius 1 is 1.08 bits per heavy atom. The van der Waals surface area contributed by atoms with Gasteiger partial charge >= 0.3 is 0 Å². The Bertz CT molecular complexity index is 639.